The summed E-state index contributed by atoms with van der Waals surface area (Å²) in [7, 11) is -7.55. The number of amides is 1. The van der Waals surface area contributed by atoms with Gasteiger partial charge >= 0.3 is 10.1 Å². The number of benzene rings is 2. The lowest BCUT2D eigenvalue weighted by Gasteiger charge is -2.26. The number of anilines is 1. The Hall–Kier alpha value is -2.40. The third kappa shape index (κ3) is 4.62. The SMILES string of the molecule is O=C(Nc1ccc2c(c1)C=CS(=O)(=O)O2)c1ccc(Cl)c(S(=O)(=O)N2CCCCC2)c1. The van der Waals surface area contributed by atoms with E-state index in [1.165, 1.54) is 40.7 Å². The van der Waals surface area contributed by atoms with Crippen molar-refractivity contribution in [3.63, 3.8) is 0 Å². The molecule has 2 aromatic rings. The van der Waals surface area contributed by atoms with E-state index in [0.717, 1.165) is 24.7 Å². The summed E-state index contributed by atoms with van der Waals surface area (Å²) in [4.78, 5) is 12.6. The van der Waals surface area contributed by atoms with Gasteiger partial charge in [0.15, 0.2) is 0 Å². The molecule has 1 fully saturated rings. The van der Waals surface area contributed by atoms with Gasteiger partial charge in [-0.3, -0.25) is 4.79 Å². The summed E-state index contributed by atoms with van der Waals surface area (Å²) in [6.45, 7) is 0.852. The van der Waals surface area contributed by atoms with Crippen LogP contribution in [-0.4, -0.2) is 40.1 Å². The fourth-order valence-corrected chi connectivity index (χ4v) is 6.22. The molecule has 2 aliphatic rings. The largest absolute Gasteiger partial charge is 0.379 e. The van der Waals surface area contributed by atoms with Gasteiger partial charge in [-0.1, -0.05) is 18.0 Å². The highest BCUT2D eigenvalue weighted by molar-refractivity contribution is 7.90. The molecule has 11 heteroatoms. The number of fused-ring (bicyclic) bond motifs is 1. The molecule has 2 heterocycles. The molecular weight excluding hydrogens is 464 g/mol. The van der Waals surface area contributed by atoms with Crippen molar-refractivity contribution in [2.45, 2.75) is 24.2 Å². The molecule has 0 bridgehead atoms. The van der Waals surface area contributed by atoms with Crippen molar-refractivity contribution in [2.24, 2.45) is 0 Å². The van der Waals surface area contributed by atoms with Crippen molar-refractivity contribution >= 4 is 49.4 Å². The van der Waals surface area contributed by atoms with Crippen molar-refractivity contribution in [3.8, 4) is 5.75 Å². The zero-order chi connectivity index (χ0) is 22.2. The Balaban J connectivity index is 1.58. The van der Waals surface area contributed by atoms with Crippen LogP contribution in [0.3, 0.4) is 0 Å². The maximum Gasteiger partial charge on any atom is 0.332 e. The Bertz CT molecular complexity index is 1280. The Morgan fingerprint density at radius 1 is 1.06 bits per heavy atom. The van der Waals surface area contributed by atoms with E-state index in [-0.39, 0.29) is 21.2 Å². The molecule has 0 saturated carbocycles. The number of carbonyl (C=O) groups excluding carboxylic acids is 1. The van der Waals surface area contributed by atoms with Crippen LogP contribution in [-0.2, 0) is 20.1 Å². The second kappa shape index (κ2) is 8.27. The lowest BCUT2D eigenvalue weighted by Crippen LogP contribution is -2.35. The van der Waals surface area contributed by atoms with Crippen LogP contribution < -0.4 is 9.50 Å². The van der Waals surface area contributed by atoms with Crippen LogP contribution in [0.15, 0.2) is 46.7 Å². The third-order valence-corrected chi connectivity index (χ3v) is 8.28. The molecule has 8 nitrogen and oxygen atoms in total. The van der Waals surface area contributed by atoms with E-state index in [0.29, 0.717) is 24.3 Å². The fourth-order valence-electron chi connectivity index (χ4n) is 3.43. The van der Waals surface area contributed by atoms with Gasteiger partial charge in [0.25, 0.3) is 5.91 Å². The van der Waals surface area contributed by atoms with E-state index in [1.54, 1.807) is 6.07 Å². The van der Waals surface area contributed by atoms with Crippen LogP contribution in [0.4, 0.5) is 5.69 Å². The topological polar surface area (TPSA) is 110 Å². The van der Waals surface area contributed by atoms with Crippen LogP contribution in [0.25, 0.3) is 6.08 Å². The quantitative estimate of drug-likeness (QED) is 0.668. The molecule has 2 aliphatic heterocycles. The first-order valence-corrected chi connectivity index (χ1v) is 12.8. The summed E-state index contributed by atoms with van der Waals surface area (Å²) in [5, 5.41) is 3.66. The first-order chi connectivity index (χ1) is 14.7. The third-order valence-electron chi connectivity index (χ3n) is 5.01. The van der Waals surface area contributed by atoms with E-state index in [9.17, 15) is 21.6 Å². The molecule has 31 heavy (non-hydrogen) atoms. The van der Waals surface area contributed by atoms with Gasteiger partial charge in [0.1, 0.15) is 10.6 Å². The minimum Gasteiger partial charge on any atom is -0.379 e. The van der Waals surface area contributed by atoms with Gasteiger partial charge in [-0.15, -0.1) is 0 Å². The van der Waals surface area contributed by atoms with Crippen LogP contribution in [0.5, 0.6) is 5.75 Å². The highest BCUT2D eigenvalue weighted by Crippen LogP contribution is 2.31. The predicted molar refractivity (Wildman–Crippen MR) is 117 cm³/mol. The zero-order valence-electron chi connectivity index (χ0n) is 16.2. The molecule has 0 aromatic heterocycles. The smallest absolute Gasteiger partial charge is 0.332 e. The summed E-state index contributed by atoms with van der Waals surface area (Å²) >= 11 is 6.16. The lowest BCUT2D eigenvalue weighted by molar-refractivity contribution is 0.102. The van der Waals surface area contributed by atoms with E-state index >= 15 is 0 Å². The second-order valence-corrected chi connectivity index (χ2v) is 10.9. The van der Waals surface area contributed by atoms with E-state index in [4.69, 9.17) is 15.8 Å². The number of sulfonamides is 1. The standard InChI is InChI=1S/C20H19ClN2O6S2/c21-17-6-4-15(13-19(17)31(27,28)23-9-2-1-3-10-23)20(24)22-16-5-7-18-14(12-16)8-11-30(25,26)29-18/h4-8,11-13H,1-3,9-10H2,(H,22,24). The molecule has 1 N–H and O–H groups in total. The van der Waals surface area contributed by atoms with Crippen molar-refractivity contribution in [1.82, 2.24) is 4.31 Å². The van der Waals surface area contributed by atoms with Crippen molar-refractivity contribution in [1.29, 1.82) is 0 Å². The van der Waals surface area contributed by atoms with Crippen LogP contribution in [0.2, 0.25) is 5.02 Å². The Kier molecular flexibility index (Phi) is 5.82. The van der Waals surface area contributed by atoms with Crippen LogP contribution in [0.1, 0.15) is 35.2 Å². The number of carbonyl (C=O) groups is 1. The molecule has 4 rings (SSSR count). The second-order valence-electron chi connectivity index (χ2n) is 7.20. The zero-order valence-corrected chi connectivity index (χ0v) is 18.6. The van der Waals surface area contributed by atoms with Crippen LogP contribution >= 0.6 is 11.6 Å². The monoisotopic (exact) mass is 482 g/mol. The highest BCUT2D eigenvalue weighted by Gasteiger charge is 2.29. The Morgan fingerprint density at radius 2 is 1.81 bits per heavy atom. The molecule has 1 saturated heterocycles. The molecule has 164 valence electrons. The van der Waals surface area contributed by atoms with Gasteiger partial charge in [0, 0.05) is 29.9 Å². The predicted octanol–water partition coefficient (Wildman–Crippen LogP) is 3.46. The average Bonchev–Trinajstić information content (AvgIpc) is 2.74. The molecule has 0 unspecified atom stereocenters. The molecular formula is C20H19ClN2O6S2. The Labute approximate surface area is 185 Å². The summed E-state index contributed by atoms with van der Waals surface area (Å²) in [6, 6.07) is 8.59. The minimum absolute atomic E-state index is 0.0550. The maximum absolute atomic E-state index is 13.0. The lowest BCUT2D eigenvalue weighted by atomic mass is 10.1. The van der Waals surface area contributed by atoms with Gasteiger partial charge in [0.05, 0.1) is 10.4 Å². The first-order valence-electron chi connectivity index (χ1n) is 9.53. The minimum atomic E-state index is -3.81. The number of piperidine rings is 1. The van der Waals surface area contributed by atoms with Crippen molar-refractivity contribution in [3.05, 3.63) is 58.0 Å². The molecule has 1 amide bonds. The molecule has 0 aliphatic carbocycles. The number of nitrogens with one attached hydrogen (secondary N) is 1. The van der Waals surface area contributed by atoms with Crippen molar-refractivity contribution < 1.29 is 25.8 Å². The van der Waals surface area contributed by atoms with Gasteiger partial charge in [-0.2, -0.15) is 12.7 Å². The van der Waals surface area contributed by atoms with Gasteiger partial charge < -0.3 is 9.50 Å². The molecule has 2 aromatic carbocycles. The van der Waals surface area contributed by atoms with Gasteiger partial charge in [-0.05, 0) is 55.3 Å². The Morgan fingerprint density at radius 3 is 2.55 bits per heavy atom. The average molecular weight is 483 g/mol. The maximum atomic E-state index is 13.0. The van der Waals surface area contributed by atoms with Gasteiger partial charge in [-0.25, -0.2) is 8.42 Å². The fraction of sp³-hybridized carbons (Fsp3) is 0.250. The van der Waals surface area contributed by atoms with E-state index < -0.39 is 26.0 Å². The number of rotatable bonds is 4. The summed E-state index contributed by atoms with van der Waals surface area (Å²) in [5.74, 6) is -0.373. The first kappa shape index (κ1) is 21.8. The van der Waals surface area contributed by atoms with Crippen LogP contribution in [0, 0.1) is 0 Å². The molecule has 0 radical (unpaired) electrons. The summed E-state index contributed by atoms with van der Waals surface area (Å²) < 4.78 is 55.2. The molecule has 0 spiro atoms. The normalized spacial score (nSPS) is 18.1. The highest BCUT2D eigenvalue weighted by atomic mass is 35.5. The molecule has 0 atom stereocenters. The summed E-state index contributed by atoms with van der Waals surface area (Å²) in [5.41, 5.74) is 1.01. The van der Waals surface area contributed by atoms with E-state index in [2.05, 4.69) is 5.32 Å². The van der Waals surface area contributed by atoms with Gasteiger partial charge in [0.2, 0.25) is 10.0 Å². The number of nitrogens with zero attached hydrogens (tertiary/aromatic N) is 1. The summed E-state index contributed by atoms with van der Waals surface area (Å²) in [6.07, 6.45) is 3.92. The van der Waals surface area contributed by atoms with Crippen molar-refractivity contribution in [2.75, 3.05) is 18.4 Å². The number of hydrogen-bond donors (Lipinski definition) is 1. The van der Waals surface area contributed by atoms with E-state index in [1.807, 2.05) is 0 Å². The number of hydrogen-bond acceptors (Lipinski definition) is 6. The number of halogens is 1.